The molecule has 0 atom stereocenters. The van der Waals surface area contributed by atoms with Gasteiger partial charge in [0, 0.05) is 18.4 Å². The summed E-state index contributed by atoms with van der Waals surface area (Å²) in [7, 11) is 0. The maximum absolute atomic E-state index is 15.2. The number of halogens is 3. The molecule has 4 rings (SSSR count). The third-order valence-corrected chi connectivity index (χ3v) is 7.03. The molecule has 0 aliphatic carbocycles. The van der Waals surface area contributed by atoms with Crippen LogP contribution in [0.25, 0.3) is 10.8 Å². The van der Waals surface area contributed by atoms with E-state index in [0.717, 1.165) is 42.4 Å². The second kappa shape index (κ2) is 13.5. The van der Waals surface area contributed by atoms with Crippen LogP contribution >= 0.6 is 11.6 Å². The zero-order valence-corrected chi connectivity index (χ0v) is 21.7. The van der Waals surface area contributed by atoms with Gasteiger partial charge >= 0.3 is 0 Å². The smallest absolute Gasteiger partial charge is 0.158 e. The molecule has 0 bridgehead atoms. The van der Waals surface area contributed by atoms with Crippen LogP contribution in [0.1, 0.15) is 55.7 Å². The van der Waals surface area contributed by atoms with Crippen LogP contribution in [0.15, 0.2) is 48.5 Å². The highest BCUT2D eigenvalue weighted by atomic mass is 35.5. The maximum Gasteiger partial charge on any atom is 0.158 e. The zero-order valence-electron chi connectivity index (χ0n) is 20.9. The first kappa shape index (κ1) is 27.0. The van der Waals surface area contributed by atoms with Crippen molar-refractivity contribution in [2.75, 3.05) is 19.8 Å². The molecule has 1 fully saturated rings. The van der Waals surface area contributed by atoms with E-state index in [2.05, 4.69) is 6.92 Å². The lowest BCUT2D eigenvalue weighted by molar-refractivity contribution is -0.227. The molecule has 194 valence electrons. The minimum Gasteiger partial charge on any atom is -0.373 e. The highest BCUT2D eigenvalue weighted by Gasteiger charge is 2.22. The van der Waals surface area contributed by atoms with Gasteiger partial charge in [-0.3, -0.25) is 0 Å². The fraction of sp³-hybridized carbons (Fsp3) is 0.467. The number of fused-ring (bicyclic) bond motifs is 1. The fourth-order valence-electron chi connectivity index (χ4n) is 4.56. The van der Waals surface area contributed by atoms with Crippen LogP contribution in [-0.4, -0.2) is 32.2 Å². The van der Waals surface area contributed by atoms with Crippen LogP contribution in [0.5, 0.6) is 0 Å². The molecule has 1 aliphatic rings. The average molecular weight is 517 g/mol. The molecule has 0 spiro atoms. The predicted molar refractivity (Wildman–Crippen MR) is 141 cm³/mol. The normalized spacial score (nSPS) is 18.1. The van der Waals surface area contributed by atoms with Crippen LogP contribution in [0.2, 0.25) is 5.02 Å². The number of benzene rings is 3. The molecule has 0 N–H and O–H groups in total. The topological polar surface area (TPSA) is 27.7 Å². The summed E-state index contributed by atoms with van der Waals surface area (Å²) in [6, 6.07) is 14.3. The summed E-state index contributed by atoms with van der Waals surface area (Å²) in [6.45, 7) is 4.09. The minimum atomic E-state index is -0.448. The average Bonchev–Trinajstić information content (AvgIpc) is 2.89. The van der Waals surface area contributed by atoms with Crippen LogP contribution in [-0.2, 0) is 33.5 Å². The third kappa shape index (κ3) is 7.48. The van der Waals surface area contributed by atoms with Gasteiger partial charge in [0.1, 0.15) is 17.7 Å². The third-order valence-electron chi connectivity index (χ3n) is 6.72. The second-order valence-corrected chi connectivity index (χ2v) is 9.94. The highest BCUT2D eigenvalue weighted by molar-refractivity contribution is 6.30. The molecule has 0 unspecified atom stereocenters. The summed E-state index contributed by atoms with van der Waals surface area (Å²) in [4.78, 5) is 0. The fourth-order valence-corrected chi connectivity index (χ4v) is 4.68. The van der Waals surface area contributed by atoms with Crippen molar-refractivity contribution in [3.63, 3.8) is 0 Å². The van der Waals surface area contributed by atoms with Crippen LogP contribution < -0.4 is 0 Å². The van der Waals surface area contributed by atoms with Crippen LogP contribution in [0.4, 0.5) is 8.78 Å². The Bertz CT molecular complexity index is 1130. The molecule has 0 saturated carbocycles. The first-order valence-electron chi connectivity index (χ1n) is 13.0. The quantitative estimate of drug-likeness (QED) is 0.230. The Labute approximate surface area is 217 Å². The van der Waals surface area contributed by atoms with Crippen molar-refractivity contribution in [3.8, 4) is 0 Å². The van der Waals surface area contributed by atoms with Crippen LogP contribution in [0, 0.1) is 11.6 Å². The Morgan fingerprint density at radius 3 is 2.44 bits per heavy atom. The number of rotatable bonds is 12. The summed E-state index contributed by atoms with van der Waals surface area (Å²) in [6.07, 6.45) is 7.09. The van der Waals surface area contributed by atoms with Crippen molar-refractivity contribution < 1.29 is 23.0 Å². The molecular weight excluding hydrogens is 482 g/mol. The molecular formula is C30H35ClF2O3. The van der Waals surface area contributed by atoms with E-state index in [-0.39, 0.29) is 23.2 Å². The van der Waals surface area contributed by atoms with Gasteiger partial charge in [-0.25, -0.2) is 8.78 Å². The van der Waals surface area contributed by atoms with Gasteiger partial charge in [0.25, 0.3) is 0 Å². The molecule has 0 radical (unpaired) electrons. The lowest BCUT2D eigenvalue weighted by Crippen LogP contribution is -2.37. The van der Waals surface area contributed by atoms with E-state index in [4.69, 9.17) is 25.8 Å². The first-order valence-corrected chi connectivity index (χ1v) is 13.4. The Hall–Kier alpha value is -2.05. The van der Waals surface area contributed by atoms with Crippen molar-refractivity contribution in [2.45, 2.75) is 70.7 Å². The first-order chi connectivity index (χ1) is 17.5. The zero-order chi connectivity index (χ0) is 25.3. The molecule has 1 saturated heterocycles. The van der Waals surface area contributed by atoms with E-state index in [1.54, 1.807) is 6.07 Å². The van der Waals surface area contributed by atoms with E-state index in [1.807, 2.05) is 30.3 Å². The highest BCUT2D eigenvalue weighted by Crippen LogP contribution is 2.25. The molecule has 1 aliphatic heterocycles. The molecule has 6 heteroatoms. The van der Waals surface area contributed by atoms with Crippen molar-refractivity contribution >= 4 is 22.4 Å². The molecule has 3 aromatic carbocycles. The number of ether oxygens (including phenoxy) is 3. The summed E-state index contributed by atoms with van der Waals surface area (Å²) < 4.78 is 46.4. The number of unbranched alkanes of at least 4 members (excludes halogenated alkanes) is 3. The lowest BCUT2D eigenvalue weighted by atomic mass is 9.98. The maximum atomic E-state index is 15.2. The van der Waals surface area contributed by atoms with Gasteiger partial charge in [0.2, 0.25) is 0 Å². The van der Waals surface area contributed by atoms with Gasteiger partial charge in [0.05, 0.1) is 18.2 Å². The largest absolute Gasteiger partial charge is 0.373 e. The minimum absolute atomic E-state index is 0.0134. The van der Waals surface area contributed by atoms with Crippen molar-refractivity contribution in [3.05, 3.63) is 81.9 Å². The Morgan fingerprint density at radius 1 is 0.889 bits per heavy atom. The van der Waals surface area contributed by atoms with E-state index in [9.17, 15) is 4.39 Å². The van der Waals surface area contributed by atoms with E-state index in [0.29, 0.717) is 37.0 Å². The van der Waals surface area contributed by atoms with Crippen molar-refractivity contribution in [1.29, 1.82) is 0 Å². The standard InChI is InChI=1S/C30H35ClF2O3/c1-2-3-4-5-16-34-25-19-35-29(36-20-25)15-9-21-7-13-26-24(17-21)12-11-23(30(26)33)10-6-22-8-14-27(31)28(32)18-22/h7-8,11-14,17-18,25,29H,2-6,9-10,15-16,19-20H2,1H3. The van der Waals surface area contributed by atoms with Crippen molar-refractivity contribution in [2.24, 2.45) is 0 Å². The van der Waals surface area contributed by atoms with Gasteiger partial charge < -0.3 is 14.2 Å². The lowest BCUT2D eigenvalue weighted by Gasteiger charge is -2.29. The number of hydrogen-bond donors (Lipinski definition) is 0. The van der Waals surface area contributed by atoms with E-state index in [1.165, 1.54) is 31.4 Å². The summed E-state index contributed by atoms with van der Waals surface area (Å²) in [5.74, 6) is -0.663. The molecule has 1 heterocycles. The number of aryl methyl sites for hydroxylation is 3. The van der Waals surface area contributed by atoms with Gasteiger partial charge in [-0.2, -0.15) is 0 Å². The SMILES string of the molecule is CCCCCCOC1COC(CCc2ccc3c(F)c(CCc4ccc(Cl)c(F)c4)ccc3c2)OC1. The number of hydrogen-bond acceptors (Lipinski definition) is 3. The molecule has 3 aromatic rings. The Kier molecular flexibility index (Phi) is 10.1. The Morgan fingerprint density at radius 2 is 1.67 bits per heavy atom. The van der Waals surface area contributed by atoms with Crippen molar-refractivity contribution in [1.82, 2.24) is 0 Å². The van der Waals surface area contributed by atoms with E-state index >= 15 is 4.39 Å². The summed E-state index contributed by atoms with van der Waals surface area (Å²) in [5.41, 5.74) is 2.54. The molecule has 3 nitrogen and oxygen atoms in total. The van der Waals surface area contributed by atoms with Crippen LogP contribution in [0.3, 0.4) is 0 Å². The summed E-state index contributed by atoms with van der Waals surface area (Å²) in [5, 5.41) is 1.57. The van der Waals surface area contributed by atoms with Gasteiger partial charge in [-0.05, 0) is 59.9 Å². The predicted octanol–water partition coefficient (Wildman–Crippen LogP) is 7.83. The van der Waals surface area contributed by atoms with Gasteiger partial charge in [-0.15, -0.1) is 0 Å². The molecule has 0 amide bonds. The molecule has 36 heavy (non-hydrogen) atoms. The molecule has 0 aromatic heterocycles. The monoisotopic (exact) mass is 516 g/mol. The van der Waals surface area contributed by atoms with E-state index < -0.39 is 5.82 Å². The Balaban J connectivity index is 1.26. The summed E-state index contributed by atoms with van der Waals surface area (Å²) >= 11 is 5.75. The van der Waals surface area contributed by atoms with Gasteiger partial charge in [-0.1, -0.05) is 74.2 Å². The van der Waals surface area contributed by atoms with Gasteiger partial charge in [0.15, 0.2) is 6.29 Å². The second-order valence-electron chi connectivity index (χ2n) is 9.53.